The monoisotopic (exact) mass is 511 g/mol. The number of nitrogens with one attached hydrogen (secondary N) is 2. The number of rotatable bonds is 5. The van der Waals surface area contributed by atoms with Gasteiger partial charge in [-0.05, 0) is 18.6 Å². The molecule has 10 nitrogen and oxygen atoms in total. The first-order chi connectivity index (χ1) is 17.0. The van der Waals surface area contributed by atoms with Crippen molar-refractivity contribution < 1.29 is 27.1 Å². The van der Waals surface area contributed by atoms with Crippen LogP contribution < -0.4 is 15.8 Å². The van der Waals surface area contributed by atoms with Crippen LogP contribution in [0.3, 0.4) is 0 Å². The molecule has 0 saturated carbocycles. The first-order valence-corrected chi connectivity index (χ1v) is 11.0. The molecular weight excluding hydrogens is 486 g/mol. The summed E-state index contributed by atoms with van der Waals surface area (Å²) in [6.07, 6.45) is -3.78. The molecule has 3 aromatic heterocycles. The molecule has 0 spiro atoms. The zero-order chi connectivity index (χ0) is 26.2. The number of hydrogen-bond donors (Lipinski definition) is 2. The van der Waals surface area contributed by atoms with E-state index in [9.17, 15) is 22.8 Å². The third kappa shape index (κ3) is 5.12. The quantitative estimate of drug-likeness (QED) is 0.510. The zero-order valence-electron chi connectivity index (χ0n) is 19.8. The number of piperidine rings is 1. The second-order valence-electron chi connectivity index (χ2n) is 8.60. The average Bonchev–Trinajstić information content (AvgIpc) is 3.22. The first-order valence-electron chi connectivity index (χ1n) is 11.0. The van der Waals surface area contributed by atoms with Crippen LogP contribution in [0.5, 0.6) is 0 Å². The van der Waals surface area contributed by atoms with Gasteiger partial charge in [-0.2, -0.15) is 13.2 Å². The van der Waals surface area contributed by atoms with Crippen molar-refractivity contribution in [3.63, 3.8) is 0 Å². The zero-order valence-corrected chi connectivity index (χ0v) is 19.8. The Morgan fingerprint density at radius 2 is 2.11 bits per heavy atom. The average molecular weight is 511 g/mol. The molecule has 3 aromatic rings. The molecule has 36 heavy (non-hydrogen) atoms. The van der Waals surface area contributed by atoms with Crippen LogP contribution in [0.2, 0.25) is 0 Å². The van der Waals surface area contributed by atoms with Crippen molar-refractivity contribution in [1.82, 2.24) is 24.4 Å². The predicted molar refractivity (Wildman–Crippen MR) is 124 cm³/mol. The molecule has 0 radical (unpaired) electrons. The molecule has 0 bridgehead atoms. The molecule has 1 aliphatic heterocycles. The largest absolute Gasteiger partial charge is 0.417 e. The summed E-state index contributed by atoms with van der Waals surface area (Å²) in [5.74, 6) is 0.478. The number of aromatic nitrogens is 4. The third-order valence-corrected chi connectivity index (χ3v) is 6.08. The van der Waals surface area contributed by atoms with Gasteiger partial charge in [0, 0.05) is 39.6 Å². The van der Waals surface area contributed by atoms with E-state index >= 15 is 4.39 Å². The van der Waals surface area contributed by atoms with Crippen LogP contribution in [-0.4, -0.2) is 69.9 Å². The summed E-state index contributed by atoms with van der Waals surface area (Å²) in [6, 6.07) is 0.628. The standard InChI is InChI=1S/C22H25F4N7O3/c1-31-9-12(22(24,25)26)6-16(20(31)34)30-21(35)32(2)17-4-5-33(10-14(17)23)18-8-27-19-15(29-18)7-13(28-19)11-36-3/h6-9,14,17H,4-5,10-11H2,1-3H3,(H,27,28)(H,30,35). The number of methoxy groups -OCH3 is 1. The van der Waals surface area contributed by atoms with Gasteiger partial charge in [0.25, 0.3) is 5.56 Å². The van der Waals surface area contributed by atoms with Gasteiger partial charge in [0.1, 0.15) is 23.2 Å². The van der Waals surface area contributed by atoms with Crippen molar-refractivity contribution in [3.8, 4) is 0 Å². The topological polar surface area (TPSA) is 108 Å². The van der Waals surface area contributed by atoms with E-state index < -0.39 is 41.2 Å². The van der Waals surface area contributed by atoms with E-state index in [-0.39, 0.29) is 13.0 Å². The molecular formula is C22H25F4N7O3. The molecule has 1 aliphatic rings. The minimum absolute atomic E-state index is 0.0663. The van der Waals surface area contributed by atoms with E-state index in [2.05, 4.69) is 20.3 Å². The van der Waals surface area contributed by atoms with Crippen molar-refractivity contribution in [2.45, 2.75) is 31.4 Å². The van der Waals surface area contributed by atoms with Crippen LogP contribution in [-0.2, 0) is 24.6 Å². The number of urea groups is 1. The van der Waals surface area contributed by atoms with Crippen LogP contribution in [0.4, 0.5) is 33.9 Å². The van der Waals surface area contributed by atoms with E-state index in [1.165, 1.54) is 13.2 Å². The summed E-state index contributed by atoms with van der Waals surface area (Å²) >= 11 is 0. The van der Waals surface area contributed by atoms with E-state index in [0.717, 1.165) is 22.2 Å². The summed E-state index contributed by atoms with van der Waals surface area (Å²) in [5.41, 5.74) is -0.460. The van der Waals surface area contributed by atoms with Crippen molar-refractivity contribution in [1.29, 1.82) is 0 Å². The Labute approximate surface area is 202 Å². The smallest absolute Gasteiger partial charge is 0.378 e. The molecule has 4 heterocycles. The van der Waals surface area contributed by atoms with Crippen LogP contribution in [0.15, 0.2) is 29.3 Å². The fourth-order valence-electron chi connectivity index (χ4n) is 4.18. The van der Waals surface area contributed by atoms with Crippen LogP contribution in [0.25, 0.3) is 11.2 Å². The Balaban J connectivity index is 1.44. The number of halogens is 4. The highest BCUT2D eigenvalue weighted by atomic mass is 19.4. The Hall–Kier alpha value is -3.68. The number of ether oxygens (including phenoxy) is 1. The Morgan fingerprint density at radius 1 is 1.36 bits per heavy atom. The van der Waals surface area contributed by atoms with Crippen LogP contribution in [0.1, 0.15) is 17.7 Å². The predicted octanol–water partition coefficient (Wildman–Crippen LogP) is 2.90. The summed E-state index contributed by atoms with van der Waals surface area (Å²) in [4.78, 5) is 39.7. The lowest BCUT2D eigenvalue weighted by Gasteiger charge is -2.39. The number of pyridine rings is 1. The second kappa shape index (κ2) is 9.76. The molecule has 0 aromatic carbocycles. The lowest BCUT2D eigenvalue weighted by molar-refractivity contribution is -0.138. The maximum absolute atomic E-state index is 15.2. The Kier molecular flexibility index (Phi) is 6.89. The Morgan fingerprint density at radius 3 is 2.78 bits per heavy atom. The van der Waals surface area contributed by atoms with Gasteiger partial charge in [-0.15, -0.1) is 0 Å². The molecule has 14 heteroatoms. The maximum atomic E-state index is 15.2. The molecule has 194 valence electrons. The molecule has 2 unspecified atom stereocenters. The van der Waals surface area contributed by atoms with Crippen LogP contribution in [0, 0.1) is 0 Å². The van der Waals surface area contributed by atoms with Gasteiger partial charge >= 0.3 is 12.2 Å². The second-order valence-corrected chi connectivity index (χ2v) is 8.60. The number of anilines is 2. The minimum Gasteiger partial charge on any atom is -0.378 e. The maximum Gasteiger partial charge on any atom is 0.417 e. The van der Waals surface area contributed by atoms with Gasteiger partial charge in [0.2, 0.25) is 0 Å². The lowest BCUT2D eigenvalue weighted by atomic mass is 10.0. The first kappa shape index (κ1) is 25.4. The normalized spacial score (nSPS) is 18.5. The molecule has 1 saturated heterocycles. The highest BCUT2D eigenvalue weighted by Gasteiger charge is 2.36. The number of H-pyrrole nitrogens is 1. The number of amides is 2. The number of alkyl halides is 4. The number of fused-ring (bicyclic) bond motifs is 1. The molecule has 2 N–H and O–H groups in total. The number of aromatic amines is 1. The van der Waals surface area contributed by atoms with Gasteiger partial charge in [-0.1, -0.05) is 0 Å². The van der Waals surface area contributed by atoms with E-state index in [0.29, 0.717) is 42.4 Å². The molecule has 2 amide bonds. The summed E-state index contributed by atoms with van der Waals surface area (Å²) < 4.78 is 60.3. The number of carbonyl (C=O) groups excluding carboxylic acids is 1. The number of hydrogen-bond acceptors (Lipinski definition) is 6. The summed E-state index contributed by atoms with van der Waals surface area (Å²) in [5, 5.41) is 2.19. The fraction of sp³-hybridized carbons (Fsp3) is 0.455. The van der Waals surface area contributed by atoms with Crippen LogP contribution >= 0.6 is 0 Å². The van der Waals surface area contributed by atoms with E-state index in [1.807, 2.05) is 0 Å². The van der Waals surface area contributed by atoms with Crippen molar-refractivity contribution in [2.24, 2.45) is 7.05 Å². The van der Waals surface area contributed by atoms with Crippen molar-refractivity contribution >= 4 is 28.7 Å². The van der Waals surface area contributed by atoms with Gasteiger partial charge in [-0.3, -0.25) is 4.79 Å². The molecule has 2 atom stereocenters. The Bertz CT molecular complexity index is 1320. The highest BCUT2D eigenvalue weighted by Crippen LogP contribution is 2.30. The van der Waals surface area contributed by atoms with Crippen molar-refractivity contribution in [3.05, 3.63) is 46.1 Å². The summed E-state index contributed by atoms with van der Waals surface area (Å²) in [6.45, 7) is 0.666. The fourth-order valence-corrected chi connectivity index (χ4v) is 4.18. The van der Waals surface area contributed by atoms with Gasteiger partial charge in [0.05, 0.1) is 31.0 Å². The van der Waals surface area contributed by atoms with E-state index in [4.69, 9.17) is 4.74 Å². The van der Waals surface area contributed by atoms with E-state index in [1.54, 1.807) is 18.1 Å². The highest BCUT2D eigenvalue weighted by molar-refractivity contribution is 5.89. The number of aryl methyl sites for hydroxylation is 1. The van der Waals surface area contributed by atoms with Gasteiger partial charge in [-0.25, -0.2) is 19.2 Å². The lowest BCUT2D eigenvalue weighted by Crippen LogP contribution is -2.54. The van der Waals surface area contributed by atoms with Gasteiger partial charge in [0.15, 0.2) is 5.65 Å². The molecule has 4 rings (SSSR count). The van der Waals surface area contributed by atoms with Gasteiger partial charge < -0.3 is 29.4 Å². The van der Waals surface area contributed by atoms with Crippen molar-refractivity contribution in [2.75, 3.05) is 37.5 Å². The molecule has 1 fully saturated rings. The summed E-state index contributed by atoms with van der Waals surface area (Å²) in [7, 11) is 4.06. The number of nitrogens with zero attached hydrogens (tertiary/aromatic N) is 5. The minimum atomic E-state index is -4.70. The molecule has 0 aliphatic carbocycles. The third-order valence-electron chi connectivity index (χ3n) is 6.08. The number of carbonyl (C=O) groups is 1. The SMILES string of the molecule is COCc1cc2nc(N3CCC(N(C)C(=O)Nc4cc(C(F)(F)F)cn(C)c4=O)C(F)C3)cnc2[nH]1.